The van der Waals surface area contributed by atoms with Crippen LogP contribution in [0.4, 0.5) is 14.5 Å². The van der Waals surface area contributed by atoms with Crippen LogP contribution < -0.4 is 14.4 Å². The highest BCUT2D eigenvalue weighted by Gasteiger charge is 2.25. The number of carbonyl (C=O) groups excluding carboxylic acids is 1. The number of benzene rings is 2. The van der Waals surface area contributed by atoms with Crippen molar-refractivity contribution in [1.82, 2.24) is 0 Å². The number of nitrogens with zero attached hydrogens (tertiary/aromatic N) is 3. The van der Waals surface area contributed by atoms with Gasteiger partial charge in [0, 0.05) is 24.8 Å². The van der Waals surface area contributed by atoms with Gasteiger partial charge in [-0.2, -0.15) is 14.0 Å². The molecule has 2 aromatic carbocycles. The van der Waals surface area contributed by atoms with Crippen LogP contribution in [0.1, 0.15) is 17.5 Å². The molecule has 7 nitrogen and oxygen atoms in total. The molecule has 3 rings (SSSR count). The van der Waals surface area contributed by atoms with Gasteiger partial charge in [0.15, 0.2) is 17.2 Å². The zero-order valence-electron chi connectivity index (χ0n) is 16.8. The summed E-state index contributed by atoms with van der Waals surface area (Å²) in [5.74, 6) is -0.671. The highest BCUT2D eigenvalue weighted by Crippen LogP contribution is 2.31. The quantitative estimate of drug-likeness (QED) is 0.468. The van der Waals surface area contributed by atoms with Crippen molar-refractivity contribution >= 4 is 23.6 Å². The fourth-order valence-corrected chi connectivity index (χ4v) is 2.86. The second-order valence-electron chi connectivity index (χ2n) is 6.50. The smallest absolute Gasteiger partial charge is 0.387 e. The topological polar surface area (TPSA) is 84.2 Å². The zero-order chi connectivity index (χ0) is 22.4. The minimum Gasteiger partial charge on any atom is -0.493 e. The predicted molar refractivity (Wildman–Crippen MR) is 110 cm³/mol. The predicted octanol–water partition coefficient (Wildman–Crippen LogP) is 3.99. The molecule has 0 bridgehead atoms. The lowest BCUT2D eigenvalue weighted by molar-refractivity contribution is -0.129. The standard InChI is InChI=1S/C22H19F2N3O4/c1-27(11-3-10-25)16-7-4-14(5-8-16)12-17-21(28)31-20(26-17)15-6-9-18(30-22(23)24)19(13-15)29-2/h4-9,12-13,22H,3,11H2,1-2H3/b17-12-. The van der Waals surface area contributed by atoms with Gasteiger partial charge in [0.25, 0.3) is 0 Å². The lowest BCUT2D eigenvalue weighted by Crippen LogP contribution is -2.17. The second kappa shape index (κ2) is 9.71. The Morgan fingerprint density at radius 1 is 1.23 bits per heavy atom. The Bertz CT molecular complexity index is 1060. The first-order valence-electron chi connectivity index (χ1n) is 9.25. The lowest BCUT2D eigenvalue weighted by atomic mass is 10.1. The molecule has 0 unspecified atom stereocenters. The van der Waals surface area contributed by atoms with E-state index in [1.807, 2.05) is 36.2 Å². The normalized spacial score (nSPS) is 14.3. The van der Waals surface area contributed by atoms with Crippen LogP contribution in [-0.2, 0) is 9.53 Å². The third kappa shape index (κ3) is 5.36. The monoisotopic (exact) mass is 427 g/mol. The Morgan fingerprint density at radius 2 is 1.97 bits per heavy atom. The number of anilines is 1. The first-order chi connectivity index (χ1) is 14.9. The lowest BCUT2D eigenvalue weighted by Gasteiger charge is -2.17. The Labute approximate surface area is 177 Å². The molecule has 1 heterocycles. The van der Waals surface area contributed by atoms with Gasteiger partial charge in [0.05, 0.1) is 19.6 Å². The van der Waals surface area contributed by atoms with Gasteiger partial charge in [-0.3, -0.25) is 0 Å². The van der Waals surface area contributed by atoms with Crippen LogP contribution in [0, 0.1) is 11.3 Å². The number of hydrogen-bond acceptors (Lipinski definition) is 7. The number of alkyl halides is 2. The van der Waals surface area contributed by atoms with E-state index < -0.39 is 12.6 Å². The molecule has 0 saturated heterocycles. The van der Waals surface area contributed by atoms with E-state index in [1.54, 1.807) is 6.08 Å². The number of esters is 1. The summed E-state index contributed by atoms with van der Waals surface area (Å²) >= 11 is 0. The van der Waals surface area contributed by atoms with Crippen molar-refractivity contribution in [3.05, 3.63) is 59.3 Å². The van der Waals surface area contributed by atoms with Crippen molar-refractivity contribution in [3.63, 3.8) is 0 Å². The van der Waals surface area contributed by atoms with Crippen molar-refractivity contribution < 1.29 is 27.8 Å². The Hall–Kier alpha value is -3.93. The van der Waals surface area contributed by atoms with Gasteiger partial charge in [-0.1, -0.05) is 12.1 Å². The summed E-state index contributed by atoms with van der Waals surface area (Å²) in [4.78, 5) is 18.4. The fraction of sp³-hybridized carbons (Fsp3) is 0.227. The van der Waals surface area contributed by atoms with Gasteiger partial charge < -0.3 is 19.1 Å². The summed E-state index contributed by atoms with van der Waals surface area (Å²) in [5.41, 5.74) is 2.17. The van der Waals surface area contributed by atoms with Crippen molar-refractivity contribution in [1.29, 1.82) is 5.26 Å². The number of nitriles is 1. The summed E-state index contributed by atoms with van der Waals surface area (Å²) in [6.45, 7) is -2.38. The minimum absolute atomic E-state index is 0.0333. The first kappa shape index (κ1) is 21.8. The van der Waals surface area contributed by atoms with E-state index in [0.29, 0.717) is 18.5 Å². The average Bonchev–Trinajstić information content (AvgIpc) is 3.12. The molecule has 9 heteroatoms. The van der Waals surface area contributed by atoms with Gasteiger partial charge in [-0.05, 0) is 42.0 Å². The van der Waals surface area contributed by atoms with E-state index in [1.165, 1.54) is 25.3 Å². The largest absolute Gasteiger partial charge is 0.493 e. The number of rotatable bonds is 8. The minimum atomic E-state index is -2.99. The highest BCUT2D eigenvalue weighted by atomic mass is 19.3. The summed E-state index contributed by atoms with van der Waals surface area (Å²) in [7, 11) is 3.20. The molecule has 0 amide bonds. The summed E-state index contributed by atoms with van der Waals surface area (Å²) in [6, 6.07) is 13.6. The van der Waals surface area contributed by atoms with E-state index in [-0.39, 0.29) is 23.1 Å². The van der Waals surface area contributed by atoms with E-state index in [4.69, 9.17) is 14.7 Å². The Kier molecular flexibility index (Phi) is 6.82. The number of halogens is 2. The van der Waals surface area contributed by atoms with Crippen LogP contribution in [0.25, 0.3) is 6.08 Å². The Balaban J connectivity index is 1.80. The molecule has 0 aromatic heterocycles. The molecule has 0 spiro atoms. The molecule has 0 saturated carbocycles. The maximum Gasteiger partial charge on any atom is 0.387 e. The van der Waals surface area contributed by atoms with Crippen LogP contribution in [0.2, 0.25) is 0 Å². The molecule has 31 heavy (non-hydrogen) atoms. The summed E-state index contributed by atoms with van der Waals surface area (Å²) in [5, 5.41) is 8.69. The van der Waals surface area contributed by atoms with Gasteiger partial charge in [0.1, 0.15) is 0 Å². The summed E-state index contributed by atoms with van der Waals surface area (Å²) < 4.78 is 39.6. The Morgan fingerprint density at radius 3 is 2.61 bits per heavy atom. The van der Waals surface area contributed by atoms with Crippen LogP contribution in [-0.4, -0.2) is 39.2 Å². The molecule has 1 aliphatic heterocycles. The molecule has 1 aliphatic rings. The molecule has 160 valence electrons. The van der Waals surface area contributed by atoms with E-state index in [2.05, 4.69) is 15.8 Å². The van der Waals surface area contributed by atoms with E-state index in [0.717, 1.165) is 11.3 Å². The highest BCUT2D eigenvalue weighted by molar-refractivity contribution is 6.13. The van der Waals surface area contributed by atoms with Crippen molar-refractivity contribution in [2.75, 3.05) is 25.6 Å². The van der Waals surface area contributed by atoms with Gasteiger partial charge in [0.2, 0.25) is 5.90 Å². The molecule has 0 radical (unpaired) electrons. The number of ether oxygens (including phenoxy) is 3. The van der Waals surface area contributed by atoms with Crippen molar-refractivity contribution in [2.24, 2.45) is 4.99 Å². The number of hydrogen-bond donors (Lipinski definition) is 0. The van der Waals surface area contributed by atoms with E-state index >= 15 is 0 Å². The molecular formula is C22H19F2N3O4. The number of aliphatic imine (C=N–C) groups is 1. The maximum atomic E-state index is 12.5. The van der Waals surface area contributed by atoms with Gasteiger partial charge in [-0.15, -0.1) is 0 Å². The third-order valence-corrected chi connectivity index (χ3v) is 4.44. The number of methoxy groups -OCH3 is 1. The average molecular weight is 427 g/mol. The molecule has 2 aromatic rings. The first-order valence-corrected chi connectivity index (χ1v) is 9.25. The summed E-state index contributed by atoms with van der Waals surface area (Å²) in [6.07, 6.45) is 2.01. The van der Waals surface area contributed by atoms with Gasteiger partial charge in [-0.25, -0.2) is 9.79 Å². The van der Waals surface area contributed by atoms with E-state index in [9.17, 15) is 13.6 Å². The molecule has 0 atom stereocenters. The van der Waals surface area contributed by atoms with Crippen molar-refractivity contribution in [2.45, 2.75) is 13.0 Å². The number of carbonyl (C=O) groups is 1. The second-order valence-corrected chi connectivity index (χ2v) is 6.50. The zero-order valence-corrected chi connectivity index (χ0v) is 16.8. The van der Waals surface area contributed by atoms with Gasteiger partial charge >= 0.3 is 12.6 Å². The molecule has 0 fully saturated rings. The van der Waals surface area contributed by atoms with Crippen LogP contribution in [0.15, 0.2) is 53.2 Å². The van der Waals surface area contributed by atoms with Crippen molar-refractivity contribution in [3.8, 4) is 17.6 Å². The molecule has 0 aliphatic carbocycles. The van der Waals surface area contributed by atoms with Crippen LogP contribution >= 0.6 is 0 Å². The van der Waals surface area contributed by atoms with Crippen LogP contribution in [0.3, 0.4) is 0 Å². The third-order valence-electron chi connectivity index (χ3n) is 4.44. The molecular weight excluding hydrogens is 408 g/mol. The number of cyclic esters (lactones) is 1. The fourth-order valence-electron chi connectivity index (χ4n) is 2.86. The SMILES string of the molecule is COc1cc(C2=N/C(=C\c3ccc(N(C)CCC#N)cc3)C(=O)O2)ccc1OC(F)F. The molecule has 0 N–H and O–H groups in total. The van der Waals surface area contributed by atoms with Crippen LogP contribution in [0.5, 0.6) is 11.5 Å². The maximum absolute atomic E-state index is 12.5.